The van der Waals surface area contributed by atoms with Crippen LogP contribution in [0.3, 0.4) is 0 Å². The fourth-order valence-corrected chi connectivity index (χ4v) is 4.34. The van der Waals surface area contributed by atoms with Gasteiger partial charge in [0.1, 0.15) is 0 Å². The van der Waals surface area contributed by atoms with E-state index in [1.807, 2.05) is 0 Å². The summed E-state index contributed by atoms with van der Waals surface area (Å²) in [5, 5.41) is 2.81. The molecule has 0 aliphatic heterocycles. The molecule has 0 bridgehead atoms. The molecule has 4 rings (SSSR count). The number of H-pyrrole nitrogens is 1. The van der Waals surface area contributed by atoms with E-state index in [9.17, 15) is 0 Å². The van der Waals surface area contributed by atoms with E-state index in [4.69, 9.17) is 0 Å². The summed E-state index contributed by atoms with van der Waals surface area (Å²) in [7, 11) is 0. The number of rotatable bonds is 7. The van der Waals surface area contributed by atoms with E-state index in [0.29, 0.717) is 0 Å². The summed E-state index contributed by atoms with van der Waals surface area (Å²) in [4.78, 5) is 6.25. The Bertz CT molecular complexity index is 1080. The molecule has 0 aliphatic carbocycles. The van der Waals surface area contributed by atoms with Crippen LogP contribution < -0.4 is 0 Å². The van der Waals surface area contributed by atoms with E-state index in [1.165, 1.54) is 50.5 Å². The van der Waals surface area contributed by atoms with Crippen molar-refractivity contribution in [2.45, 2.75) is 40.2 Å². The predicted molar refractivity (Wildman–Crippen MR) is 128 cm³/mol. The zero-order valence-corrected chi connectivity index (χ0v) is 18.5. The molecule has 0 saturated carbocycles. The second kappa shape index (κ2) is 9.47. The highest BCUT2D eigenvalue weighted by atomic mass is 35.5. The van der Waals surface area contributed by atoms with Gasteiger partial charge in [-0.05, 0) is 61.6 Å². The first-order valence-electron chi connectivity index (χ1n) is 10.4. The lowest BCUT2D eigenvalue weighted by atomic mass is 9.99. The molecule has 29 heavy (non-hydrogen) atoms. The maximum atomic E-state index is 3.67. The highest BCUT2D eigenvalue weighted by Gasteiger charge is 2.13. The topological polar surface area (TPSA) is 19.0 Å². The molecule has 0 unspecified atom stereocenters. The number of aromatic nitrogens is 1. The third-order valence-corrected chi connectivity index (χ3v) is 5.77. The Balaban J connectivity index is 0.00000240. The van der Waals surface area contributed by atoms with E-state index in [0.717, 1.165) is 26.1 Å². The normalized spacial score (nSPS) is 11.3. The number of halogens is 1. The Hall–Kier alpha value is -2.29. The molecule has 0 aliphatic rings. The molecule has 3 heteroatoms. The van der Waals surface area contributed by atoms with Gasteiger partial charge in [0.2, 0.25) is 0 Å². The summed E-state index contributed by atoms with van der Waals surface area (Å²) >= 11 is 0. The second-order valence-corrected chi connectivity index (χ2v) is 7.93. The standard InChI is InChI=1S/C26H30N2.ClH/c1-4-16-28(18-21-9-6-5-7-10-21)17-15-22-11-8-12-23-25(22)24-19(2)13-14-20(3)26(24)27-23;/h5-14,27H,4,15-18H2,1-3H3;1H. The maximum absolute atomic E-state index is 3.67. The molecule has 4 aromatic rings. The monoisotopic (exact) mass is 406 g/mol. The number of aryl methyl sites for hydroxylation is 2. The number of hydrogen-bond acceptors (Lipinski definition) is 1. The summed E-state index contributed by atoms with van der Waals surface area (Å²) in [6.07, 6.45) is 2.26. The first-order chi connectivity index (χ1) is 13.7. The van der Waals surface area contributed by atoms with Crippen LogP contribution in [0, 0.1) is 13.8 Å². The van der Waals surface area contributed by atoms with Gasteiger partial charge in [-0.3, -0.25) is 4.90 Å². The third-order valence-electron chi connectivity index (χ3n) is 5.77. The van der Waals surface area contributed by atoms with Gasteiger partial charge in [0.05, 0.1) is 0 Å². The molecular formula is C26H31ClN2. The van der Waals surface area contributed by atoms with Crippen LogP contribution in [0.4, 0.5) is 0 Å². The van der Waals surface area contributed by atoms with Crippen LogP contribution in [-0.2, 0) is 13.0 Å². The van der Waals surface area contributed by atoms with Gasteiger partial charge in [-0.25, -0.2) is 0 Å². The van der Waals surface area contributed by atoms with Gasteiger partial charge in [0.15, 0.2) is 0 Å². The quantitative estimate of drug-likeness (QED) is 0.357. The van der Waals surface area contributed by atoms with E-state index in [1.54, 1.807) is 0 Å². The number of hydrogen-bond donors (Lipinski definition) is 1. The van der Waals surface area contributed by atoms with Crippen LogP contribution in [0.5, 0.6) is 0 Å². The Kier molecular flexibility index (Phi) is 7.00. The molecule has 0 fully saturated rings. The van der Waals surface area contributed by atoms with Crippen LogP contribution in [0.15, 0.2) is 60.7 Å². The predicted octanol–water partition coefficient (Wildman–Crippen LogP) is 6.81. The molecule has 0 amide bonds. The van der Waals surface area contributed by atoms with Gasteiger partial charge in [0.25, 0.3) is 0 Å². The minimum absolute atomic E-state index is 0. The Labute approximate surface area is 180 Å². The van der Waals surface area contributed by atoms with Crippen molar-refractivity contribution in [1.29, 1.82) is 0 Å². The van der Waals surface area contributed by atoms with Crippen molar-refractivity contribution in [3.05, 3.63) is 82.9 Å². The molecule has 1 heterocycles. The van der Waals surface area contributed by atoms with E-state index >= 15 is 0 Å². The van der Waals surface area contributed by atoms with Gasteiger partial charge in [-0.1, -0.05) is 61.5 Å². The van der Waals surface area contributed by atoms with Crippen LogP contribution in [0.2, 0.25) is 0 Å². The number of benzene rings is 3. The lowest BCUT2D eigenvalue weighted by Crippen LogP contribution is -2.26. The smallest absolute Gasteiger partial charge is 0.0497 e. The van der Waals surface area contributed by atoms with E-state index < -0.39 is 0 Å². The van der Waals surface area contributed by atoms with Crippen molar-refractivity contribution in [3.8, 4) is 0 Å². The number of aromatic amines is 1. The molecule has 0 atom stereocenters. The summed E-state index contributed by atoms with van der Waals surface area (Å²) < 4.78 is 0. The molecule has 1 N–H and O–H groups in total. The molecule has 152 valence electrons. The van der Waals surface area contributed by atoms with Gasteiger partial charge in [-0.15, -0.1) is 12.4 Å². The summed E-state index contributed by atoms with van der Waals surface area (Å²) in [5.41, 5.74) is 8.07. The first-order valence-corrected chi connectivity index (χ1v) is 10.4. The van der Waals surface area contributed by atoms with Crippen molar-refractivity contribution in [2.24, 2.45) is 0 Å². The van der Waals surface area contributed by atoms with Crippen molar-refractivity contribution in [3.63, 3.8) is 0 Å². The maximum Gasteiger partial charge on any atom is 0.0497 e. The minimum atomic E-state index is 0. The molecule has 0 spiro atoms. The average molecular weight is 407 g/mol. The number of nitrogens with zero attached hydrogens (tertiary/aromatic N) is 1. The summed E-state index contributed by atoms with van der Waals surface area (Å²) in [5.74, 6) is 0. The van der Waals surface area contributed by atoms with Crippen LogP contribution in [0.1, 0.15) is 35.6 Å². The van der Waals surface area contributed by atoms with Crippen molar-refractivity contribution in [2.75, 3.05) is 13.1 Å². The van der Waals surface area contributed by atoms with Crippen LogP contribution in [0.25, 0.3) is 21.8 Å². The van der Waals surface area contributed by atoms with Crippen molar-refractivity contribution >= 4 is 34.2 Å². The van der Waals surface area contributed by atoms with Crippen molar-refractivity contribution in [1.82, 2.24) is 9.88 Å². The molecule has 3 aromatic carbocycles. The fraction of sp³-hybridized carbons (Fsp3) is 0.308. The minimum Gasteiger partial charge on any atom is -0.354 e. The molecule has 0 saturated heterocycles. The van der Waals surface area contributed by atoms with Gasteiger partial charge >= 0.3 is 0 Å². The van der Waals surface area contributed by atoms with Crippen molar-refractivity contribution < 1.29 is 0 Å². The second-order valence-electron chi connectivity index (χ2n) is 7.93. The van der Waals surface area contributed by atoms with Crippen LogP contribution in [-0.4, -0.2) is 23.0 Å². The third kappa shape index (κ3) is 4.49. The molecular weight excluding hydrogens is 376 g/mol. The zero-order chi connectivity index (χ0) is 19.5. The van der Waals surface area contributed by atoms with Gasteiger partial charge in [0, 0.05) is 34.9 Å². The average Bonchev–Trinajstić information content (AvgIpc) is 3.11. The van der Waals surface area contributed by atoms with Crippen LogP contribution >= 0.6 is 12.4 Å². The molecule has 1 aromatic heterocycles. The lowest BCUT2D eigenvalue weighted by Gasteiger charge is -2.22. The summed E-state index contributed by atoms with van der Waals surface area (Å²) in [6.45, 7) is 9.93. The Morgan fingerprint density at radius 1 is 0.793 bits per heavy atom. The highest BCUT2D eigenvalue weighted by molar-refractivity contribution is 6.11. The zero-order valence-electron chi connectivity index (χ0n) is 17.7. The van der Waals surface area contributed by atoms with E-state index in [2.05, 4.69) is 91.3 Å². The van der Waals surface area contributed by atoms with Gasteiger partial charge in [-0.2, -0.15) is 0 Å². The first kappa shape index (κ1) is 21.4. The lowest BCUT2D eigenvalue weighted by molar-refractivity contribution is 0.269. The molecule has 2 nitrogen and oxygen atoms in total. The Morgan fingerprint density at radius 3 is 2.31 bits per heavy atom. The largest absolute Gasteiger partial charge is 0.354 e. The summed E-state index contributed by atoms with van der Waals surface area (Å²) in [6, 6.07) is 22.0. The molecule has 0 radical (unpaired) electrons. The highest BCUT2D eigenvalue weighted by Crippen LogP contribution is 2.33. The Morgan fingerprint density at radius 2 is 1.55 bits per heavy atom. The van der Waals surface area contributed by atoms with Gasteiger partial charge < -0.3 is 4.98 Å². The SMILES string of the molecule is CCCN(CCc1cccc2[nH]c3c(C)ccc(C)c3c12)Cc1ccccc1.Cl. The fourth-order valence-electron chi connectivity index (χ4n) is 4.34. The van der Waals surface area contributed by atoms with E-state index in [-0.39, 0.29) is 12.4 Å². The number of nitrogens with one attached hydrogen (secondary N) is 1. The number of fused-ring (bicyclic) bond motifs is 3.